The number of benzene rings is 3. The zero-order valence-corrected chi connectivity index (χ0v) is 21.4. The number of carboxylic acid groups (broad SMARTS) is 1. The Labute approximate surface area is 224 Å². The lowest BCUT2D eigenvalue weighted by molar-refractivity contribution is -0.122. The summed E-state index contributed by atoms with van der Waals surface area (Å²) in [6.45, 7) is 0.186. The molecule has 4 rings (SSSR count). The maximum atomic E-state index is 13.1. The molecule has 2 N–H and O–H groups in total. The number of carbonyl (C=O) groups is 5. The van der Waals surface area contributed by atoms with Crippen LogP contribution < -0.4 is 15.0 Å². The molecule has 0 aromatic heterocycles. The third-order valence-corrected chi connectivity index (χ3v) is 6.13. The van der Waals surface area contributed by atoms with Crippen molar-refractivity contribution in [1.29, 1.82) is 0 Å². The fourth-order valence-corrected chi connectivity index (χ4v) is 4.06. The molecule has 1 aliphatic heterocycles. The lowest BCUT2D eigenvalue weighted by Gasteiger charge is -2.26. The van der Waals surface area contributed by atoms with Crippen LogP contribution in [0.1, 0.15) is 31.8 Å². The number of aromatic carboxylic acids is 1. The molecular weight excluding hydrogens is 560 g/mol. The number of nitrogens with one attached hydrogen (secondary N) is 1. The van der Waals surface area contributed by atoms with E-state index in [4.69, 9.17) is 9.84 Å². The summed E-state index contributed by atoms with van der Waals surface area (Å²) in [6.07, 6.45) is 1.35. The quantitative estimate of drug-likeness (QED) is 0.242. The molecular formula is C27H19BrN2O8. The molecule has 192 valence electrons. The topological polar surface area (TPSA) is 139 Å². The molecule has 0 aliphatic carbocycles. The third-order valence-electron chi connectivity index (χ3n) is 5.51. The second-order valence-corrected chi connectivity index (χ2v) is 8.83. The Balaban J connectivity index is 1.52. The van der Waals surface area contributed by atoms with E-state index in [0.717, 1.165) is 10.5 Å². The summed E-state index contributed by atoms with van der Waals surface area (Å²) < 4.78 is 11.0. The van der Waals surface area contributed by atoms with Gasteiger partial charge in [-0.25, -0.2) is 19.3 Å². The minimum atomic E-state index is -1.01. The summed E-state index contributed by atoms with van der Waals surface area (Å²) in [5.74, 6) is -2.78. The van der Waals surface area contributed by atoms with Gasteiger partial charge in [0.05, 0.1) is 28.4 Å². The number of hydrogen-bond donors (Lipinski definition) is 2. The normalized spacial score (nSPS) is 14.3. The predicted molar refractivity (Wildman–Crippen MR) is 139 cm³/mol. The maximum Gasteiger partial charge on any atom is 0.337 e. The van der Waals surface area contributed by atoms with Crippen LogP contribution in [-0.2, 0) is 20.9 Å². The Morgan fingerprint density at radius 2 is 1.63 bits per heavy atom. The Bertz CT molecular complexity index is 1480. The predicted octanol–water partition coefficient (Wildman–Crippen LogP) is 4.18. The fraction of sp³-hybridized carbons (Fsp3) is 0.0741. The molecule has 4 amide bonds. The first-order valence-electron chi connectivity index (χ1n) is 11.0. The van der Waals surface area contributed by atoms with Crippen LogP contribution in [0, 0.1) is 0 Å². The molecule has 1 aliphatic rings. The standard InChI is InChI=1S/C27H19BrN2O8/c1-37-26(35)18-7-9-19(10-8-18)30-24(32)20(23(31)29-27(30)36)12-16-4-11-22(21(28)13-16)38-14-15-2-5-17(6-3-15)25(33)34/h2-13H,14H2,1H3,(H,33,34)(H,29,31,36)/b20-12+. The van der Waals surface area contributed by atoms with Crippen molar-refractivity contribution in [2.45, 2.75) is 6.61 Å². The Morgan fingerprint density at radius 1 is 0.974 bits per heavy atom. The van der Waals surface area contributed by atoms with Gasteiger partial charge < -0.3 is 14.6 Å². The second kappa shape index (κ2) is 11.1. The number of imide groups is 2. The highest BCUT2D eigenvalue weighted by Crippen LogP contribution is 2.29. The molecule has 11 heteroatoms. The SMILES string of the molecule is COC(=O)c1ccc(N2C(=O)NC(=O)/C(=C\c3ccc(OCc4ccc(C(=O)O)cc4)c(Br)c3)C2=O)cc1. The largest absolute Gasteiger partial charge is 0.488 e. The number of esters is 1. The van der Waals surface area contributed by atoms with Crippen LogP contribution in [0.15, 0.2) is 76.8 Å². The number of amides is 4. The Kier molecular flexibility index (Phi) is 7.68. The summed E-state index contributed by atoms with van der Waals surface area (Å²) >= 11 is 3.41. The minimum absolute atomic E-state index is 0.167. The Hall–Kier alpha value is -4.77. The molecule has 0 spiro atoms. The van der Waals surface area contributed by atoms with Crippen LogP contribution in [0.3, 0.4) is 0 Å². The van der Waals surface area contributed by atoms with E-state index in [1.807, 2.05) is 0 Å². The first kappa shape index (κ1) is 26.3. The zero-order chi connectivity index (χ0) is 27.4. The number of nitrogens with zero attached hydrogens (tertiary/aromatic N) is 1. The van der Waals surface area contributed by atoms with Gasteiger partial charge in [-0.2, -0.15) is 0 Å². The molecule has 0 atom stereocenters. The van der Waals surface area contributed by atoms with Gasteiger partial charge in [-0.15, -0.1) is 0 Å². The van der Waals surface area contributed by atoms with Crippen molar-refractivity contribution in [1.82, 2.24) is 5.32 Å². The average Bonchev–Trinajstić information content (AvgIpc) is 2.90. The van der Waals surface area contributed by atoms with E-state index in [2.05, 4.69) is 26.0 Å². The molecule has 1 saturated heterocycles. The molecule has 3 aromatic rings. The van der Waals surface area contributed by atoms with Crippen molar-refractivity contribution in [3.63, 3.8) is 0 Å². The highest BCUT2D eigenvalue weighted by Gasteiger charge is 2.36. The van der Waals surface area contributed by atoms with Gasteiger partial charge >= 0.3 is 18.0 Å². The molecule has 1 fully saturated rings. The monoisotopic (exact) mass is 578 g/mol. The number of carboxylic acids is 1. The molecule has 38 heavy (non-hydrogen) atoms. The average molecular weight is 579 g/mol. The fourth-order valence-electron chi connectivity index (χ4n) is 3.55. The van der Waals surface area contributed by atoms with Gasteiger partial charge in [0.1, 0.15) is 17.9 Å². The molecule has 0 bridgehead atoms. The Morgan fingerprint density at radius 3 is 2.24 bits per heavy atom. The van der Waals surface area contributed by atoms with Crippen LogP contribution in [0.4, 0.5) is 10.5 Å². The van der Waals surface area contributed by atoms with Crippen LogP contribution in [0.25, 0.3) is 6.08 Å². The van der Waals surface area contributed by atoms with E-state index < -0.39 is 29.8 Å². The van der Waals surface area contributed by atoms with Crippen LogP contribution in [0.2, 0.25) is 0 Å². The third kappa shape index (κ3) is 5.62. The van der Waals surface area contributed by atoms with Gasteiger partial charge in [-0.05, 0) is 81.7 Å². The number of rotatable bonds is 7. The molecule has 10 nitrogen and oxygen atoms in total. The first-order valence-corrected chi connectivity index (χ1v) is 11.8. The first-order chi connectivity index (χ1) is 18.2. The van der Waals surface area contributed by atoms with E-state index in [1.54, 1.807) is 30.3 Å². The van der Waals surface area contributed by atoms with Crippen molar-refractivity contribution in [2.75, 3.05) is 12.0 Å². The molecule has 0 unspecified atom stereocenters. The number of anilines is 1. The van der Waals surface area contributed by atoms with E-state index in [9.17, 15) is 24.0 Å². The molecule has 0 saturated carbocycles. The lowest BCUT2D eigenvalue weighted by atomic mass is 10.1. The zero-order valence-electron chi connectivity index (χ0n) is 19.8. The van der Waals surface area contributed by atoms with Crippen LogP contribution in [-0.4, -0.2) is 42.0 Å². The number of carbonyl (C=O) groups excluding carboxylic acids is 4. The van der Waals surface area contributed by atoms with E-state index in [1.165, 1.54) is 49.6 Å². The van der Waals surface area contributed by atoms with Crippen molar-refractivity contribution in [3.05, 3.63) is 99.0 Å². The number of methoxy groups -OCH3 is 1. The van der Waals surface area contributed by atoms with Gasteiger partial charge in [0.2, 0.25) is 0 Å². The van der Waals surface area contributed by atoms with Crippen molar-refractivity contribution in [2.24, 2.45) is 0 Å². The van der Waals surface area contributed by atoms with Gasteiger partial charge in [-0.1, -0.05) is 18.2 Å². The van der Waals surface area contributed by atoms with Crippen molar-refractivity contribution >= 4 is 57.5 Å². The number of hydrogen-bond acceptors (Lipinski definition) is 7. The van der Waals surface area contributed by atoms with Crippen LogP contribution >= 0.6 is 15.9 Å². The maximum absolute atomic E-state index is 13.1. The van der Waals surface area contributed by atoms with Crippen LogP contribution in [0.5, 0.6) is 5.75 Å². The summed E-state index contributed by atoms with van der Waals surface area (Å²) in [5.41, 5.74) is 1.57. The number of urea groups is 1. The van der Waals surface area contributed by atoms with Crippen molar-refractivity contribution < 1.29 is 38.6 Å². The molecule has 3 aromatic carbocycles. The minimum Gasteiger partial charge on any atom is -0.488 e. The number of barbiturate groups is 1. The summed E-state index contributed by atoms with van der Waals surface area (Å²) in [4.78, 5) is 61.5. The number of ether oxygens (including phenoxy) is 2. The second-order valence-electron chi connectivity index (χ2n) is 7.98. The van der Waals surface area contributed by atoms with Gasteiger partial charge in [0, 0.05) is 0 Å². The smallest absolute Gasteiger partial charge is 0.337 e. The lowest BCUT2D eigenvalue weighted by Crippen LogP contribution is -2.54. The van der Waals surface area contributed by atoms with E-state index >= 15 is 0 Å². The highest BCUT2D eigenvalue weighted by molar-refractivity contribution is 9.10. The van der Waals surface area contributed by atoms with E-state index in [-0.39, 0.29) is 29.0 Å². The number of halogens is 1. The van der Waals surface area contributed by atoms with E-state index in [0.29, 0.717) is 15.8 Å². The highest BCUT2D eigenvalue weighted by atomic mass is 79.9. The van der Waals surface area contributed by atoms with Gasteiger partial charge in [0.15, 0.2) is 0 Å². The van der Waals surface area contributed by atoms with Crippen molar-refractivity contribution in [3.8, 4) is 5.75 Å². The molecule has 1 heterocycles. The summed E-state index contributed by atoms with van der Waals surface area (Å²) in [6, 6.07) is 15.9. The van der Waals surface area contributed by atoms with Gasteiger partial charge in [0.25, 0.3) is 11.8 Å². The summed E-state index contributed by atoms with van der Waals surface area (Å²) in [7, 11) is 1.24. The summed E-state index contributed by atoms with van der Waals surface area (Å²) in [5, 5.41) is 11.1. The van der Waals surface area contributed by atoms with Gasteiger partial charge in [-0.3, -0.25) is 14.9 Å². The molecule has 0 radical (unpaired) electrons.